The van der Waals surface area contributed by atoms with Crippen molar-refractivity contribution in [1.82, 2.24) is 0 Å². The fraction of sp³-hybridized carbons (Fsp3) is 0.538. The van der Waals surface area contributed by atoms with E-state index >= 15 is 0 Å². The van der Waals surface area contributed by atoms with E-state index in [1.807, 2.05) is 0 Å². The molecule has 1 aromatic rings. The number of hydrogen-bond donors (Lipinski definition) is 2. The average molecular weight is 249 g/mol. The van der Waals surface area contributed by atoms with Crippen LogP contribution in [-0.4, -0.2) is 16.5 Å². The summed E-state index contributed by atoms with van der Waals surface area (Å²) in [5.41, 5.74) is 13.2. The molecule has 2 atom stereocenters. The largest absolute Gasteiger partial charge is 0.328 e. The maximum atomic E-state index is 10.6. The van der Waals surface area contributed by atoms with E-state index in [4.69, 9.17) is 11.5 Å². The van der Waals surface area contributed by atoms with Gasteiger partial charge in [-0.15, -0.1) is 0 Å². The molecule has 0 bridgehead atoms. The molecule has 0 aliphatic heterocycles. The van der Waals surface area contributed by atoms with Crippen molar-refractivity contribution in [2.24, 2.45) is 11.5 Å². The number of nitrogens with two attached hydrogens (primary N) is 2. The van der Waals surface area contributed by atoms with Crippen LogP contribution in [0.1, 0.15) is 31.2 Å². The minimum atomic E-state index is -0.390. The van der Waals surface area contributed by atoms with Crippen LogP contribution in [0.2, 0.25) is 0 Å². The van der Waals surface area contributed by atoms with Gasteiger partial charge in [-0.2, -0.15) is 0 Å². The van der Waals surface area contributed by atoms with Crippen LogP contribution < -0.4 is 11.5 Å². The van der Waals surface area contributed by atoms with Gasteiger partial charge >= 0.3 is 0 Å². The van der Waals surface area contributed by atoms with Gasteiger partial charge in [-0.1, -0.05) is 18.6 Å². The van der Waals surface area contributed by atoms with Crippen molar-refractivity contribution in [2.45, 2.75) is 43.7 Å². The van der Waals surface area contributed by atoms with Crippen molar-refractivity contribution in [3.05, 3.63) is 39.9 Å². The van der Waals surface area contributed by atoms with Gasteiger partial charge in [-0.25, -0.2) is 0 Å². The van der Waals surface area contributed by atoms with Crippen LogP contribution >= 0.6 is 0 Å². The molecule has 1 aliphatic rings. The summed E-state index contributed by atoms with van der Waals surface area (Å²) in [5, 5.41) is 10.6. The Kier molecular flexibility index (Phi) is 3.63. The zero-order chi connectivity index (χ0) is 13.2. The van der Waals surface area contributed by atoms with Gasteiger partial charge in [0.25, 0.3) is 5.69 Å². The van der Waals surface area contributed by atoms with Crippen molar-refractivity contribution < 1.29 is 4.92 Å². The lowest BCUT2D eigenvalue weighted by molar-refractivity contribution is -0.384. The van der Waals surface area contributed by atoms with Gasteiger partial charge in [0.15, 0.2) is 0 Å². The number of non-ortho nitro benzene ring substituents is 1. The summed E-state index contributed by atoms with van der Waals surface area (Å²) in [5.74, 6) is 0. The lowest BCUT2D eigenvalue weighted by atomic mass is 9.76. The lowest BCUT2D eigenvalue weighted by Crippen LogP contribution is -2.49. The van der Waals surface area contributed by atoms with Crippen LogP contribution in [0.25, 0.3) is 0 Å². The number of nitrogens with zero attached hydrogens (tertiary/aromatic N) is 1. The van der Waals surface area contributed by atoms with Crippen LogP contribution in [0.3, 0.4) is 0 Å². The molecule has 0 amide bonds. The third-order valence-electron chi connectivity index (χ3n) is 3.62. The van der Waals surface area contributed by atoms with E-state index in [1.165, 1.54) is 12.1 Å². The molecule has 0 heterocycles. The summed E-state index contributed by atoms with van der Waals surface area (Å²) >= 11 is 0. The summed E-state index contributed by atoms with van der Waals surface area (Å²) in [4.78, 5) is 10.2. The number of nitro benzene ring substituents is 1. The number of hydrogen-bond acceptors (Lipinski definition) is 4. The fourth-order valence-electron chi connectivity index (χ4n) is 2.75. The van der Waals surface area contributed by atoms with Crippen molar-refractivity contribution in [3.63, 3.8) is 0 Å². The van der Waals surface area contributed by atoms with E-state index in [0.717, 1.165) is 37.7 Å². The Balaban J connectivity index is 2.06. The first-order valence-corrected chi connectivity index (χ1v) is 6.26. The number of rotatable bonds is 3. The highest BCUT2D eigenvalue weighted by Crippen LogP contribution is 2.29. The molecule has 0 saturated heterocycles. The van der Waals surface area contributed by atoms with Crippen LogP contribution in [0.5, 0.6) is 0 Å². The Morgan fingerprint density at radius 1 is 1.39 bits per heavy atom. The molecule has 1 fully saturated rings. The van der Waals surface area contributed by atoms with E-state index < -0.39 is 4.92 Å². The van der Waals surface area contributed by atoms with Gasteiger partial charge in [0.2, 0.25) is 0 Å². The third-order valence-corrected chi connectivity index (χ3v) is 3.62. The molecule has 1 aliphatic carbocycles. The number of nitro groups is 1. The third kappa shape index (κ3) is 3.05. The summed E-state index contributed by atoms with van der Waals surface area (Å²) < 4.78 is 0. The van der Waals surface area contributed by atoms with Crippen LogP contribution in [0.15, 0.2) is 24.3 Å². The standard InChI is InChI=1S/C13H19N3O2/c14-11-2-1-7-13(15,9-11)8-10-3-5-12(6-4-10)16(17)18/h3-6,11H,1-2,7-9,14-15H2. The first-order valence-electron chi connectivity index (χ1n) is 6.26. The Labute approximate surface area is 106 Å². The molecule has 98 valence electrons. The fourth-order valence-corrected chi connectivity index (χ4v) is 2.75. The minimum Gasteiger partial charge on any atom is -0.328 e. The van der Waals surface area contributed by atoms with Gasteiger partial charge < -0.3 is 11.5 Å². The predicted octanol–water partition coefficient (Wildman–Crippen LogP) is 1.74. The molecular weight excluding hydrogens is 230 g/mol. The van der Waals surface area contributed by atoms with E-state index in [0.29, 0.717) is 0 Å². The number of benzene rings is 1. The zero-order valence-electron chi connectivity index (χ0n) is 10.3. The van der Waals surface area contributed by atoms with E-state index in [9.17, 15) is 10.1 Å². The topological polar surface area (TPSA) is 95.2 Å². The summed E-state index contributed by atoms with van der Waals surface area (Å²) in [7, 11) is 0. The second kappa shape index (κ2) is 5.04. The van der Waals surface area contributed by atoms with E-state index in [2.05, 4.69) is 0 Å². The SMILES string of the molecule is NC1CCCC(N)(Cc2ccc([N+](=O)[O-])cc2)C1. The van der Waals surface area contributed by atoms with Gasteiger partial charge in [-0.3, -0.25) is 10.1 Å². The van der Waals surface area contributed by atoms with Gasteiger partial charge in [0.1, 0.15) is 0 Å². The normalized spacial score (nSPS) is 28.0. The maximum absolute atomic E-state index is 10.6. The quantitative estimate of drug-likeness (QED) is 0.630. The minimum absolute atomic E-state index is 0.116. The molecule has 0 spiro atoms. The first-order chi connectivity index (χ1) is 8.48. The van der Waals surface area contributed by atoms with Crippen molar-refractivity contribution in [3.8, 4) is 0 Å². The second-order valence-corrected chi connectivity index (χ2v) is 5.32. The molecule has 2 unspecified atom stereocenters. The average Bonchev–Trinajstić information content (AvgIpc) is 2.28. The maximum Gasteiger partial charge on any atom is 0.269 e. The van der Waals surface area contributed by atoms with Gasteiger partial charge in [0, 0.05) is 23.7 Å². The van der Waals surface area contributed by atoms with Crippen molar-refractivity contribution in [1.29, 1.82) is 0 Å². The zero-order valence-corrected chi connectivity index (χ0v) is 10.3. The predicted molar refractivity (Wildman–Crippen MR) is 70.2 cm³/mol. The van der Waals surface area contributed by atoms with Gasteiger partial charge in [-0.05, 0) is 31.2 Å². The Bertz CT molecular complexity index is 432. The molecule has 0 radical (unpaired) electrons. The highest BCUT2D eigenvalue weighted by Gasteiger charge is 2.31. The van der Waals surface area contributed by atoms with Crippen LogP contribution in [0.4, 0.5) is 5.69 Å². The second-order valence-electron chi connectivity index (χ2n) is 5.32. The highest BCUT2D eigenvalue weighted by atomic mass is 16.6. The molecule has 5 nitrogen and oxygen atoms in total. The molecule has 18 heavy (non-hydrogen) atoms. The smallest absolute Gasteiger partial charge is 0.269 e. The Morgan fingerprint density at radius 3 is 2.61 bits per heavy atom. The molecular formula is C13H19N3O2. The lowest BCUT2D eigenvalue weighted by Gasteiger charge is -2.36. The van der Waals surface area contributed by atoms with Crippen molar-refractivity contribution in [2.75, 3.05) is 0 Å². The molecule has 4 N–H and O–H groups in total. The Hall–Kier alpha value is -1.46. The summed E-state index contributed by atoms with van der Waals surface area (Å²) in [6, 6.07) is 6.81. The van der Waals surface area contributed by atoms with Crippen molar-refractivity contribution >= 4 is 5.69 Å². The van der Waals surface area contributed by atoms with E-state index in [-0.39, 0.29) is 17.3 Å². The Morgan fingerprint density at radius 2 is 2.06 bits per heavy atom. The van der Waals surface area contributed by atoms with Crippen LogP contribution in [-0.2, 0) is 6.42 Å². The molecule has 5 heteroatoms. The highest BCUT2D eigenvalue weighted by molar-refractivity contribution is 5.33. The molecule has 0 aromatic heterocycles. The van der Waals surface area contributed by atoms with Crippen LogP contribution in [0, 0.1) is 10.1 Å². The summed E-state index contributed by atoms with van der Waals surface area (Å²) in [6.07, 6.45) is 4.63. The van der Waals surface area contributed by atoms with Gasteiger partial charge in [0.05, 0.1) is 4.92 Å². The first kappa shape index (κ1) is 13.0. The van der Waals surface area contributed by atoms with E-state index in [1.54, 1.807) is 12.1 Å². The summed E-state index contributed by atoms with van der Waals surface area (Å²) in [6.45, 7) is 0. The molecule has 2 rings (SSSR count). The molecule has 1 aromatic carbocycles. The molecule has 1 saturated carbocycles. The monoisotopic (exact) mass is 249 g/mol.